The van der Waals surface area contributed by atoms with E-state index in [1.807, 2.05) is 37.3 Å². The van der Waals surface area contributed by atoms with Gasteiger partial charge < -0.3 is 15.0 Å². The number of nitrogens with one attached hydrogen (secondary N) is 1. The highest BCUT2D eigenvalue weighted by atomic mass is 32.1. The number of aromatic nitrogens is 3. The molecule has 3 rings (SSSR count). The van der Waals surface area contributed by atoms with Crippen LogP contribution in [0.4, 0.5) is 11.6 Å². The predicted molar refractivity (Wildman–Crippen MR) is 115 cm³/mol. The SMILES string of the molecule is COC(=O)CCN(Cc1ncc(-c2cccc(Nc3cc(C)ccn3)n2)s1)C(C)=O. The molecule has 0 radical (unpaired) electrons. The van der Waals surface area contributed by atoms with E-state index in [1.165, 1.54) is 25.4 Å². The van der Waals surface area contributed by atoms with Gasteiger partial charge in [0.2, 0.25) is 5.91 Å². The number of pyridine rings is 2. The monoisotopic (exact) mass is 425 g/mol. The Bertz CT molecular complexity index is 1040. The first-order valence-corrected chi connectivity index (χ1v) is 10.2. The summed E-state index contributed by atoms with van der Waals surface area (Å²) in [6.45, 7) is 4.10. The molecule has 0 fully saturated rings. The lowest BCUT2D eigenvalue weighted by Gasteiger charge is -2.18. The summed E-state index contributed by atoms with van der Waals surface area (Å²) in [4.78, 5) is 39.1. The maximum Gasteiger partial charge on any atom is 0.307 e. The Hall–Kier alpha value is -3.33. The van der Waals surface area contributed by atoms with E-state index >= 15 is 0 Å². The summed E-state index contributed by atoms with van der Waals surface area (Å²) in [5, 5.41) is 3.98. The molecule has 0 saturated heterocycles. The fourth-order valence-corrected chi connectivity index (χ4v) is 3.62. The third-order valence-corrected chi connectivity index (χ3v) is 5.32. The molecule has 0 aliphatic rings. The van der Waals surface area contributed by atoms with Crippen LogP contribution in [-0.4, -0.2) is 45.4 Å². The molecular weight excluding hydrogens is 402 g/mol. The molecule has 0 aliphatic heterocycles. The summed E-state index contributed by atoms with van der Waals surface area (Å²) < 4.78 is 4.64. The second-order valence-electron chi connectivity index (χ2n) is 6.64. The van der Waals surface area contributed by atoms with Gasteiger partial charge >= 0.3 is 5.97 Å². The van der Waals surface area contributed by atoms with Crippen LogP contribution >= 0.6 is 11.3 Å². The van der Waals surface area contributed by atoms with Gasteiger partial charge in [-0.1, -0.05) is 6.07 Å². The quantitative estimate of drug-likeness (QED) is 0.551. The zero-order valence-corrected chi connectivity index (χ0v) is 17.9. The first-order chi connectivity index (χ1) is 14.4. The molecule has 3 heterocycles. The zero-order chi connectivity index (χ0) is 21.5. The smallest absolute Gasteiger partial charge is 0.307 e. The number of hydrogen-bond acceptors (Lipinski definition) is 8. The molecule has 156 valence electrons. The van der Waals surface area contributed by atoms with Crippen molar-refractivity contribution >= 4 is 34.8 Å². The number of esters is 1. The van der Waals surface area contributed by atoms with Gasteiger partial charge in [-0.3, -0.25) is 9.59 Å². The summed E-state index contributed by atoms with van der Waals surface area (Å²) in [6.07, 6.45) is 3.64. The van der Waals surface area contributed by atoms with Gasteiger partial charge in [-0.2, -0.15) is 0 Å². The Labute approximate surface area is 179 Å². The lowest BCUT2D eigenvalue weighted by Crippen LogP contribution is -2.30. The topological polar surface area (TPSA) is 97.3 Å². The molecule has 3 aromatic rings. The highest BCUT2D eigenvalue weighted by molar-refractivity contribution is 7.15. The minimum Gasteiger partial charge on any atom is -0.469 e. The van der Waals surface area contributed by atoms with Crippen molar-refractivity contribution in [2.24, 2.45) is 0 Å². The van der Waals surface area contributed by atoms with Gasteiger partial charge in [0.25, 0.3) is 0 Å². The number of anilines is 2. The summed E-state index contributed by atoms with van der Waals surface area (Å²) in [6, 6.07) is 9.58. The number of amides is 1. The maximum absolute atomic E-state index is 11.9. The largest absolute Gasteiger partial charge is 0.469 e. The average molecular weight is 426 g/mol. The van der Waals surface area contributed by atoms with Gasteiger partial charge in [0.1, 0.15) is 16.6 Å². The normalized spacial score (nSPS) is 10.5. The van der Waals surface area contributed by atoms with Gasteiger partial charge in [0.05, 0.1) is 30.6 Å². The summed E-state index contributed by atoms with van der Waals surface area (Å²) >= 11 is 1.46. The average Bonchev–Trinajstić information content (AvgIpc) is 3.19. The molecule has 8 nitrogen and oxygen atoms in total. The van der Waals surface area contributed by atoms with E-state index in [0.717, 1.165) is 27.0 Å². The van der Waals surface area contributed by atoms with Crippen LogP contribution in [-0.2, 0) is 20.9 Å². The van der Waals surface area contributed by atoms with Crippen LogP contribution in [0.15, 0.2) is 42.7 Å². The summed E-state index contributed by atoms with van der Waals surface area (Å²) in [5.74, 6) is 0.944. The third kappa shape index (κ3) is 5.84. The van der Waals surface area contributed by atoms with Gasteiger partial charge in [-0.25, -0.2) is 15.0 Å². The summed E-state index contributed by atoms with van der Waals surface area (Å²) in [7, 11) is 1.33. The van der Waals surface area contributed by atoms with E-state index in [1.54, 1.807) is 17.3 Å². The van der Waals surface area contributed by atoms with Crippen LogP contribution in [0.1, 0.15) is 23.9 Å². The molecule has 30 heavy (non-hydrogen) atoms. The highest BCUT2D eigenvalue weighted by Gasteiger charge is 2.15. The van der Waals surface area contributed by atoms with Crippen molar-refractivity contribution in [3.05, 3.63) is 53.3 Å². The number of carbonyl (C=O) groups excluding carboxylic acids is 2. The first-order valence-electron chi connectivity index (χ1n) is 9.38. The van der Waals surface area contributed by atoms with Crippen LogP contribution < -0.4 is 5.32 Å². The van der Waals surface area contributed by atoms with Gasteiger partial charge in [0, 0.05) is 25.9 Å². The van der Waals surface area contributed by atoms with Gasteiger partial charge in [0.15, 0.2) is 0 Å². The zero-order valence-electron chi connectivity index (χ0n) is 17.1. The minimum atomic E-state index is -0.349. The van der Waals surface area contributed by atoms with Crippen LogP contribution in [0.2, 0.25) is 0 Å². The standard InChI is InChI=1S/C21H23N5O3S/c1-14-7-9-22-19(11-14)25-18-6-4-5-16(24-18)17-12-23-20(30-17)13-26(15(2)27)10-8-21(28)29-3/h4-7,9,11-12H,8,10,13H2,1-3H3,(H,22,24,25). The number of methoxy groups -OCH3 is 1. The second-order valence-corrected chi connectivity index (χ2v) is 7.75. The molecule has 3 aromatic heterocycles. The van der Waals surface area contributed by atoms with Crippen molar-refractivity contribution in [1.82, 2.24) is 19.9 Å². The van der Waals surface area contributed by atoms with Crippen LogP contribution in [0.25, 0.3) is 10.6 Å². The highest BCUT2D eigenvalue weighted by Crippen LogP contribution is 2.27. The Morgan fingerprint density at radius 3 is 2.77 bits per heavy atom. The molecule has 0 unspecified atom stereocenters. The van der Waals surface area contributed by atoms with E-state index in [4.69, 9.17) is 0 Å². The van der Waals surface area contributed by atoms with E-state index in [2.05, 4.69) is 25.0 Å². The molecule has 1 amide bonds. The molecule has 0 atom stereocenters. The van der Waals surface area contributed by atoms with Crippen molar-refractivity contribution in [3.8, 4) is 10.6 Å². The lowest BCUT2D eigenvalue weighted by molar-refractivity contribution is -0.141. The summed E-state index contributed by atoms with van der Waals surface area (Å²) in [5.41, 5.74) is 1.89. The van der Waals surface area contributed by atoms with Crippen molar-refractivity contribution in [2.75, 3.05) is 19.0 Å². The van der Waals surface area contributed by atoms with Gasteiger partial charge in [-0.15, -0.1) is 11.3 Å². The lowest BCUT2D eigenvalue weighted by atomic mass is 10.3. The number of hydrogen-bond donors (Lipinski definition) is 1. The number of thiazole rings is 1. The van der Waals surface area contributed by atoms with Crippen LogP contribution in [0.3, 0.4) is 0 Å². The fourth-order valence-electron chi connectivity index (χ4n) is 2.72. The number of aryl methyl sites for hydroxylation is 1. The van der Waals surface area contributed by atoms with E-state index in [9.17, 15) is 9.59 Å². The van der Waals surface area contributed by atoms with E-state index in [-0.39, 0.29) is 24.8 Å². The molecule has 0 saturated carbocycles. The van der Waals surface area contributed by atoms with Crippen molar-refractivity contribution in [2.45, 2.75) is 26.8 Å². The Morgan fingerprint density at radius 1 is 1.20 bits per heavy atom. The molecule has 0 aliphatic carbocycles. The molecule has 0 aromatic carbocycles. The number of carbonyl (C=O) groups is 2. The van der Waals surface area contributed by atoms with Crippen molar-refractivity contribution in [1.29, 1.82) is 0 Å². The Morgan fingerprint density at radius 2 is 2.03 bits per heavy atom. The Balaban J connectivity index is 1.70. The number of nitrogens with zero attached hydrogens (tertiary/aromatic N) is 4. The van der Waals surface area contributed by atoms with Crippen LogP contribution in [0.5, 0.6) is 0 Å². The van der Waals surface area contributed by atoms with Gasteiger partial charge in [-0.05, 0) is 36.8 Å². The molecule has 9 heteroatoms. The minimum absolute atomic E-state index is 0.120. The fraction of sp³-hybridized carbons (Fsp3) is 0.286. The molecule has 1 N–H and O–H groups in total. The van der Waals surface area contributed by atoms with Crippen LogP contribution in [0, 0.1) is 6.92 Å². The van der Waals surface area contributed by atoms with Crippen molar-refractivity contribution in [3.63, 3.8) is 0 Å². The first kappa shape index (κ1) is 21.4. The number of rotatable bonds is 8. The molecule has 0 spiro atoms. The Kier molecular flexibility index (Phi) is 7.08. The van der Waals surface area contributed by atoms with Crippen molar-refractivity contribution < 1.29 is 14.3 Å². The maximum atomic E-state index is 11.9. The predicted octanol–water partition coefficient (Wildman–Crippen LogP) is 3.56. The van der Waals surface area contributed by atoms with E-state index in [0.29, 0.717) is 12.4 Å². The molecular formula is C21H23N5O3S. The third-order valence-electron chi connectivity index (χ3n) is 4.31. The second kappa shape index (κ2) is 9.93. The molecule has 0 bridgehead atoms. The van der Waals surface area contributed by atoms with E-state index < -0.39 is 0 Å². The number of ether oxygens (including phenoxy) is 1.